The monoisotopic (exact) mass is 376 g/mol. The van der Waals surface area contributed by atoms with Crippen LogP contribution in [0.25, 0.3) is 0 Å². The lowest BCUT2D eigenvalue weighted by molar-refractivity contribution is 0.0142. The summed E-state index contributed by atoms with van der Waals surface area (Å²) in [7, 11) is 0. The number of aliphatic hydroxyl groups excluding tert-OH is 2. The molecular weight excluding hydrogens is 332 g/mol. The number of unbranched alkanes of at least 4 members (excludes halogenated alkanes) is 3. The Bertz CT molecular complexity index is 259. The smallest absolute Gasteiger partial charge is 0.0900 e. The molecule has 0 rings (SSSR count). The summed E-state index contributed by atoms with van der Waals surface area (Å²) in [4.78, 5) is 4.40. The number of likely N-dealkylation sites (N-methyl/N-ethyl adjacent to an activating group) is 2. The molecular formula is C20H44N2O4. The highest BCUT2D eigenvalue weighted by Gasteiger charge is 2.09. The second-order valence-corrected chi connectivity index (χ2v) is 6.84. The first-order valence-corrected chi connectivity index (χ1v) is 10.5. The van der Waals surface area contributed by atoms with Crippen LogP contribution < -0.4 is 0 Å². The molecule has 0 bridgehead atoms. The number of nitrogens with zero attached hydrogens (tertiary/aromatic N) is 2. The average Bonchev–Trinajstić information content (AvgIpc) is 2.65. The zero-order valence-corrected chi connectivity index (χ0v) is 17.7. The van der Waals surface area contributed by atoms with E-state index < -0.39 is 12.2 Å². The Hall–Kier alpha value is -0.240. The minimum atomic E-state index is -0.397. The molecule has 2 atom stereocenters. The van der Waals surface area contributed by atoms with Crippen LogP contribution in [0.4, 0.5) is 0 Å². The molecule has 0 saturated heterocycles. The van der Waals surface area contributed by atoms with Crippen molar-refractivity contribution in [2.45, 2.75) is 65.6 Å². The van der Waals surface area contributed by atoms with Gasteiger partial charge in [0.1, 0.15) is 0 Å². The van der Waals surface area contributed by atoms with Crippen LogP contribution in [0.3, 0.4) is 0 Å². The van der Waals surface area contributed by atoms with E-state index in [1.54, 1.807) is 0 Å². The van der Waals surface area contributed by atoms with Crippen LogP contribution in [-0.2, 0) is 9.47 Å². The fourth-order valence-electron chi connectivity index (χ4n) is 2.87. The van der Waals surface area contributed by atoms with Gasteiger partial charge >= 0.3 is 0 Å². The van der Waals surface area contributed by atoms with Gasteiger partial charge in [0, 0.05) is 26.3 Å². The Morgan fingerprint density at radius 2 is 0.962 bits per heavy atom. The van der Waals surface area contributed by atoms with Gasteiger partial charge in [-0.3, -0.25) is 0 Å². The van der Waals surface area contributed by atoms with Crippen LogP contribution in [0.2, 0.25) is 0 Å². The molecule has 0 aromatic carbocycles. The fourth-order valence-corrected chi connectivity index (χ4v) is 2.87. The minimum absolute atomic E-state index is 0.397. The SMILES string of the molecule is CCN(CC)CC(O)COCCCCCCOCC(O)CN(CC)CC. The van der Waals surface area contributed by atoms with Gasteiger partial charge in [-0.1, -0.05) is 40.5 Å². The van der Waals surface area contributed by atoms with E-state index in [0.29, 0.717) is 39.5 Å². The average molecular weight is 377 g/mol. The molecule has 26 heavy (non-hydrogen) atoms. The highest BCUT2D eigenvalue weighted by atomic mass is 16.5. The molecule has 6 nitrogen and oxygen atoms in total. The van der Waals surface area contributed by atoms with E-state index >= 15 is 0 Å². The van der Waals surface area contributed by atoms with E-state index in [0.717, 1.165) is 51.9 Å². The zero-order chi connectivity index (χ0) is 19.6. The summed E-state index contributed by atoms with van der Waals surface area (Å²) >= 11 is 0. The second-order valence-electron chi connectivity index (χ2n) is 6.84. The number of hydrogen-bond acceptors (Lipinski definition) is 6. The Balaban J connectivity index is 3.38. The van der Waals surface area contributed by atoms with E-state index in [-0.39, 0.29) is 0 Å². The van der Waals surface area contributed by atoms with Crippen LogP contribution >= 0.6 is 0 Å². The molecule has 0 aromatic rings. The predicted molar refractivity (Wildman–Crippen MR) is 108 cm³/mol. The third-order valence-corrected chi connectivity index (χ3v) is 4.67. The molecule has 2 N–H and O–H groups in total. The van der Waals surface area contributed by atoms with Crippen molar-refractivity contribution in [1.82, 2.24) is 9.80 Å². The van der Waals surface area contributed by atoms with Crippen LogP contribution in [0.1, 0.15) is 53.4 Å². The quantitative estimate of drug-likeness (QED) is 0.336. The van der Waals surface area contributed by atoms with Gasteiger partial charge in [0.2, 0.25) is 0 Å². The van der Waals surface area contributed by atoms with E-state index in [9.17, 15) is 10.2 Å². The van der Waals surface area contributed by atoms with Gasteiger partial charge in [0.15, 0.2) is 0 Å². The number of ether oxygens (including phenoxy) is 2. The zero-order valence-electron chi connectivity index (χ0n) is 17.7. The van der Waals surface area contributed by atoms with Gasteiger partial charge in [-0.05, 0) is 39.0 Å². The molecule has 0 aliphatic heterocycles. The van der Waals surface area contributed by atoms with Crippen molar-refractivity contribution in [1.29, 1.82) is 0 Å². The lowest BCUT2D eigenvalue weighted by Gasteiger charge is -2.21. The fraction of sp³-hybridized carbons (Fsp3) is 1.00. The largest absolute Gasteiger partial charge is 0.389 e. The first-order chi connectivity index (χ1) is 12.6. The molecule has 0 aliphatic carbocycles. The van der Waals surface area contributed by atoms with Crippen molar-refractivity contribution in [3.63, 3.8) is 0 Å². The molecule has 2 unspecified atom stereocenters. The predicted octanol–water partition coefficient (Wildman–Crippen LogP) is 1.99. The lowest BCUT2D eigenvalue weighted by Crippen LogP contribution is -2.34. The summed E-state index contributed by atoms with van der Waals surface area (Å²) in [5, 5.41) is 19.8. The van der Waals surface area contributed by atoms with E-state index in [1.807, 2.05) is 0 Å². The summed E-state index contributed by atoms with van der Waals surface area (Å²) in [5.74, 6) is 0. The standard InChI is InChI=1S/C20H44N2O4/c1-5-21(6-2)15-19(23)17-25-13-11-9-10-12-14-26-18-20(24)16-22(7-3)8-4/h19-20,23-24H,5-18H2,1-4H3. The maximum Gasteiger partial charge on any atom is 0.0900 e. The molecule has 0 fully saturated rings. The molecule has 0 aromatic heterocycles. The van der Waals surface area contributed by atoms with Crippen LogP contribution in [-0.4, -0.2) is 97.9 Å². The maximum atomic E-state index is 9.91. The van der Waals surface area contributed by atoms with E-state index in [2.05, 4.69) is 37.5 Å². The minimum Gasteiger partial charge on any atom is -0.389 e. The van der Waals surface area contributed by atoms with Crippen molar-refractivity contribution in [2.24, 2.45) is 0 Å². The highest BCUT2D eigenvalue weighted by molar-refractivity contribution is 4.62. The highest BCUT2D eigenvalue weighted by Crippen LogP contribution is 2.02. The van der Waals surface area contributed by atoms with Gasteiger partial charge in [-0.2, -0.15) is 0 Å². The Labute approximate surface area is 161 Å². The van der Waals surface area contributed by atoms with Gasteiger partial charge in [-0.15, -0.1) is 0 Å². The van der Waals surface area contributed by atoms with Crippen molar-refractivity contribution < 1.29 is 19.7 Å². The Morgan fingerprint density at radius 1 is 0.615 bits per heavy atom. The van der Waals surface area contributed by atoms with Gasteiger partial charge in [0.05, 0.1) is 25.4 Å². The normalized spacial score (nSPS) is 14.3. The summed E-state index contributed by atoms with van der Waals surface area (Å²) in [6.45, 7) is 15.9. The van der Waals surface area contributed by atoms with Crippen LogP contribution in [0.15, 0.2) is 0 Å². The van der Waals surface area contributed by atoms with Gasteiger partial charge < -0.3 is 29.5 Å². The molecule has 0 radical (unpaired) electrons. The molecule has 0 amide bonds. The first-order valence-electron chi connectivity index (χ1n) is 10.5. The molecule has 0 saturated carbocycles. The third kappa shape index (κ3) is 14.9. The van der Waals surface area contributed by atoms with E-state index in [4.69, 9.17) is 9.47 Å². The number of hydrogen-bond donors (Lipinski definition) is 2. The van der Waals surface area contributed by atoms with Gasteiger partial charge in [0.25, 0.3) is 0 Å². The summed E-state index contributed by atoms with van der Waals surface area (Å²) in [6, 6.07) is 0. The lowest BCUT2D eigenvalue weighted by atomic mass is 10.2. The van der Waals surface area contributed by atoms with E-state index in [1.165, 1.54) is 0 Å². The van der Waals surface area contributed by atoms with Crippen molar-refractivity contribution >= 4 is 0 Å². The Morgan fingerprint density at radius 3 is 1.27 bits per heavy atom. The number of rotatable bonds is 19. The Kier molecular flexibility index (Phi) is 18.0. The molecule has 0 aliphatic rings. The summed E-state index contributed by atoms with van der Waals surface area (Å²) in [5.41, 5.74) is 0. The number of aliphatic hydroxyl groups is 2. The molecule has 0 heterocycles. The van der Waals surface area contributed by atoms with Crippen LogP contribution in [0, 0.1) is 0 Å². The molecule has 158 valence electrons. The second kappa shape index (κ2) is 18.1. The molecule has 0 spiro atoms. The topological polar surface area (TPSA) is 65.4 Å². The third-order valence-electron chi connectivity index (χ3n) is 4.67. The van der Waals surface area contributed by atoms with Gasteiger partial charge in [-0.25, -0.2) is 0 Å². The van der Waals surface area contributed by atoms with Crippen molar-refractivity contribution in [3.05, 3.63) is 0 Å². The van der Waals surface area contributed by atoms with Crippen LogP contribution in [0.5, 0.6) is 0 Å². The van der Waals surface area contributed by atoms with Crippen molar-refractivity contribution in [2.75, 3.05) is 65.7 Å². The summed E-state index contributed by atoms with van der Waals surface area (Å²) < 4.78 is 11.1. The molecule has 6 heteroatoms. The maximum absolute atomic E-state index is 9.91. The van der Waals surface area contributed by atoms with Crippen molar-refractivity contribution in [3.8, 4) is 0 Å². The summed E-state index contributed by atoms with van der Waals surface area (Å²) in [6.07, 6.45) is 3.46. The first kappa shape index (κ1) is 25.8.